The van der Waals surface area contributed by atoms with Crippen molar-refractivity contribution in [2.75, 3.05) is 32.1 Å². The Hall–Kier alpha value is -2.86. The summed E-state index contributed by atoms with van der Waals surface area (Å²) in [5.41, 5.74) is 3.33. The summed E-state index contributed by atoms with van der Waals surface area (Å²) in [5.74, 6) is 0. The maximum Gasteiger partial charge on any atom is 0.316 e. The Morgan fingerprint density at radius 1 is 1.17 bits per heavy atom. The molecule has 1 fully saturated rings. The van der Waals surface area contributed by atoms with Crippen LogP contribution in [0.15, 0.2) is 53.4 Å². The van der Waals surface area contributed by atoms with E-state index in [4.69, 9.17) is 6.57 Å². The lowest BCUT2D eigenvalue weighted by Gasteiger charge is -2.21. The van der Waals surface area contributed by atoms with Gasteiger partial charge in [-0.1, -0.05) is 23.0 Å². The molecule has 0 unspecified atom stereocenters. The van der Waals surface area contributed by atoms with Crippen LogP contribution in [0.5, 0.6) is 0 Å². The minimum Gasteiger partial charge on any atom is -0.383 e. The smallest absolute Gasteiger partial charge is 0.316 e. The number of sulfonamides is 1. The number of β-amino-alcohol motifs (C(OH)–C–C–N with tert-alkyl or cyclic N) is 1. The van der Waals surface area contributed by atoms with Crippen molar-refractivity contribution in [1.29, 1.82) is 0 Å². The molecular formula is C21H23N4O3S+. The number of H-pyrrole nitrogens is 1. The Labute approximate surface area is 170 Å². The number of nitrogens with zero attached hydrogens (tertiary/aromatic N) is 3. The largest absolute Gasteiger partial charge is 0.383 e. The van der Waals surface area contributed by atoms with E-state index < -0.39 is 16.1 Å². The third-order valence-electron chi connectivity index (χ3n) is 5.36. The van der Waals surface area contributed by atoms with E-state index >= 15 is 0 Å². The van der Waals surface area contributed by atoms with Gasteiger partial charge in [0, 0.05) is 41.9 Å². The van der Waals surface area contributed by atoms with Gasteiger partial charge in [-0.2, -0.15) is 0 Å². The van der Waals surface area contributed by atoms with Gasteiger partial charge >= 0.3 is 6.04 Å². The lowest BCUT2D eigenvalue weighted by molar-refractivity contribution is 0.192. The van der Waals surface area contributed by atoms with Crippen molar-refractivity contribution >= 4 is 26.6 Å². The average molecular weight is 412 g/mol. The Morgan fingerprint density at radius 3 is 2.59 bits per heavy atom. The second-order valence-corrected chi connectivity index (χ2v) is 9.58. The van der Waals surface area contributed by atoms with E-state index in [0.717, 1.165) is 27.8 Å². The summed E-state index contributed by atoms with van der Waals surface area (Å²) in [6.45, 7) is 6.26. The second kappa shape index (κ2) is 7.19. The first kappa shape index (κ1) is 19.5. The Kier molecular flexibility index (Phi) is 4.82. The lowest BCUT2D eigenvalue weighted by Crippen LogP contribution is -2.24. The molecule has 4 rings (SSSR count). The molecule has 1 aliphatic rings. The number of benzene rings is 2. The topological polar surface area (TPSA) is 81.0 Å². The van der Waals surface area contributed by atoms with E-state index in [9.17, 15) is 13.5 Å². The maximum atomic E-state index is 12.7. The number of para-hydroxylation sites is 1. The van der Waals surface area contributed by atoms with Crippen LogP contribution in [0, 0.1) is 6.57 Å². The summed E-state index contributed by atoms with van der Waals surface area (Å²) in [6.07, 6.45) is -0.666. The van der Waals surface area contributed by atoms with Crippen molar-refractivity contribution in [2.45, 2.75) is 17.0 Å². The van der Waals surface area contributed by atoms with Crippen LogP contribution >= 0.6 is 0 Å². The quantitative estimate of drug-likeness (QED) is 0.692. The predicted molar refractivity (Wildman–Crippen MR) is 115 cm³/mol. The Morgan fingerprint density at radius 2 is 1.93 bits per heavy atom. The number of aliphatic hydroxyl groups excluding tert-OH is 1. The number of hydrogen-bond donors (Lipinski definition) is 2. The fraction of sp³-hybridized carbons (Fsp3) is 0.286. The van der Waals surface area contributed by atoms with Gasteiger partial charge in [0.15, 0.2) is 6.10 Å². The highest BCUT2D eigenvalue weighted by Crippen LogP contribution is 2.36. The molecular weight excluding hydrogens is 388 g/mol. The van der Waals surface area contributed by atoms with Crippen molar-refractivity contribution < 1.29 is 13.5 Å². The third kappa shape index (κ3) is 3.38. The van der Waals surface area contributed by atoms with E-state index in [1.165, 1.54) is 18.4 Å². The normalized spacial score (nSPS) is 19.8. The van der Waals surface area contributed by atoms with Crippen LogP contribution in [0.25, 0.3) is 27.0 Å². The molecule has 2 heterocycles. The molecule has 2 atom stereocenters. The first-order valence-electron chi connectivity index (χ1n) is 9.29. The van der Waals surface area contributed by atoms with E-state index in [1.54, 1.807) is 18.2 Å². The third-order valence-corrected chi connectivity index (χ3v) is 7.17. The summed E-state index contributed by atoms with van der Waals surface area (Å²) in [6, 6.07) is 14.5. The number of aromatic nitrogens is 1. The molecule has 8 heteroatoms. The van der Waals surface area contributed by atoms with Gasteiger partial charge in [-0.15, -0.1) is 0 Å². The lowest BCUT2D eigenvalue weighted by atomic mass is 10.1. The van der Waals surface area contributed by atoms with Crippen molar-refractivity contribution in [3.05, 3.63) is 53.4 Å². The maximum absolute atomic E-state index is 12.7. The molecule has 0 radical (unpaired) electrons. The molecule has 2 N–H and O–H groups in total. The molecule has 0 bridgehead atoms. The van der Waals surface area contributed by atoms with Crippen LogP contribution < -0.4 is 4.90 Å². The molecule has 0 amide bonds. The molecule has 1 saturated heterocycles. The Balaban J connectivity index is 1.88. The van der Waals surface area contributed by atoms with Crippen LogP contribution in [0.3, 0.4) is 0 Å². The number of rotatable bonds is 4. The van der Waals surface area contributed by atoms with Crippen molar-refractivity contribution in [3.63, 3.8) is 0 Å². The molecule has 0 saturated carbocycles. The predicted octanol–water partition coefficient (Wildman–Crippen LogP) is 2.60. The van der Waals surface area contributed by atoms with Crippen molar-refractivity contribution in [3.8, 4) is 17.8 Å². The highest BCUT2D eigenvalue weighted by molar-refractivity contribution is 7.89. The van der Waals surface area contributed by atoms with Crippen molar-refractivity contribution in [2.24, 2.45) is 0 Å². The summed E-state index contributed by atoms with van der Waals surface area (Å²) >= 11 is 0. The minimum atomic E-state index is -3.59. The molecule has 1 aliphatic heterocycles. The van der Waals surface area contributed by atoms with Gasteiger partial charge in [0.05, 0.1) is 11.4 Å². The van der Waals surface area contributed by atoms with Gasteiger partial charge in [-0.3, -0.25) is 0 Å². The number of hydrogen-bond acceptors (Lipinski definition) is 4. The Bertz CT molecular complexity index is 1180. The number of fused-ring (bicyclic) bond motifs is 1. The van der Waals surface area contributed by atoms with Crippen LogP contribution in [0.4, 0.5) is 5.69 Å². The molecule has 29 heavy (non-hydrogen) atoms. The number of nitrogens with one attached hydrogen (secondary N) is 1. The van der Waals surface area contributed by atoms with Gasteiger partial charge in [0.1, 0.15) is 6.54 Å². The van der Waals surface area contributed by atoms with Crippen LogP contribution in [-0.2, 0) is 10.0 Å². The molecule has 0 aliphatic carbocycles. The molecule has 7 nitrogen and oxygen atoms in total. The molecule has 3 aromatic rings. The fourth-order valence-electron chi connectivity index (χ4n) is 3.71. The molecule has 0 spiro atoms. The van der Waals surface area contributed by atoms with Gasteiger partial charge in [-0.05, 0) is 30.3 Å². The van der Waals surface area contributed by atoms with Gasteiger partial charge in [0.25, 0.3) is 6.57 Å². The molecule has 2 aromatic carbocycles. The second-order valence-electron chi connectivity index (χ2n) is 7.43. The highest BCUT2D eigenvalue weighted by Gasteiger charge is 2.39. The van der Waals surface area contributed by atoms with E-state index in [0.29, 0.717) is 13.1 Å². The van der Waals surface area contributed by atoms with Crippen molar-refractivity contribution in [1.82, 2.24) is 9.29 Å². The van der Waals surface area contributed by atoms with E-state index in [-0.39, 0.29) is 10.9 Å². The number of anilines is 1. The summed E-state index contributed by atoms with van der Waals surface area (Å²) in [5, 5.41) is 11.3. The molecule has 1 aromatic heterocycles. The highest BCUT2D eigenvalue weighted by atomic mass is 32.2. The fourth-order valence-corrected chi connectivity index (χ4v) is 4.64. The van der Waals surface area contributed by atoms with E-state index in [1.807, 2.05) is 35.2 Å². The zero-order valence-corrected chi connectivity index (χ0v) is 17.1. The molecule has 150 valence electrons. The monoisotopic (exact) mass is 411 g/mol. The number of aromatic amines is 1. The summed E-state index contributed by atoms with van der Waals surface area (Å²) in [7, 11) is -0.571. The average Bonchev–Trinajstić information content (AvgIpc) is 3.30. The zero-order valence-electron chi connectivity index (χ0n) is 16.3. The van der Waals surface area contributed by atoms with Crippen LogP contribution in [-0.4, -0.2) is 62.1 Å². The van der Waals surface area contributed by atoms with Gasteiger partial charge < -0.3 is 15.0 Å². The SMILES string of the molecule is C#[N+][C@H]1CN(c2ccc(S(=O)(=O)N(C)C)cc2-c2cc3ccccc3[nH]2)C[C@@H]1O. The van der Waals surface area contributed by atoms with E-state index in [2.05, 4.69) is 9.83 Å². The summed E-state index contributed by atoms with van der Waals surface area (Å²) in [4.78, 5) is 9.33. The van der Waals surface area contributed by atoms with Crippen LogP contribution in [0.1, 0.15) is 0 Å². The minimum absolute atomic E-state index is 0.208. The zero-order chi connectivity index (χ0) is 20.8. The van der Waals surface area contributed by atoms with Crippen LogP contribution in [0.2, 0.25) is 0 Å². The van der Waals surface area contributed by atoms with Gasteiger partial charge in [-0.25, -0.2) is 12.7 Å². The summed E-state index contributed by atoms with van der Waals surface area (Å²) < 4.78 is 26.6. The first-order chi connectivity index (χ1) is 13.8. The van der Waals surface area contributed by atoms with Gasteiger partial charge in [0.2, 0.25) is 10.0 Å². The number of aliphatic hydroxyl groups is 1. The first-order valence-corrected chi connectivity index (χ1v) is 10.7. The standard InChI is InChI=1S/C21H23N4O3S/c1-22-19-12-25(13-21(19)26)20-9-8-15(29(27,28)24(2)3)11-16(20)18-10-14-6-4-5-7-17(14)23-18/h1,4-11,19,21,23,26H,12-13H2,2-3H3/q+1/t19-,21-/m0/s1.